The van der Waals surface area contributed by atoms with E-state index in [2.05, 4.69) is 4.98 Å². The maximum atomic E-state index is 12.4. The number of methoxy groups -OCH3 is 2. The molecule has 29 heavy (non-hydrogen) atoms. The third-order valence-corrected chi connectivity index (χ3v) is 4.93. The molecule has 0 bridgehead atoms. The van der Waals surface area contributed by atoms with Crippen molar-refractivity contribution in [1.29, 1.82) is 0 Å². The molecule has 0 spiro atoms. The molecule has 0 aliphatic heterocycles. The van der Waals surface area contributed by atoms with Gasteiger partial charge in [0, 0.05) is 5.38 Å². The van der Waals surface area contributed by atoms with E-state index in [9.17, 15) is 4.79 Å². The third-order valence-electron chi connectivity index (χ3n) is 4.00. The number of thiazole rings is 1. The molecule has 0 radical (unpaired) electrons. The zero-order valence-corrected chi connectivity index (χ0v) is 17.6. The van der Waals surface area contributed by atoms with Crippen molar-refractivity contribution in [2.75, 3.05) is 14.2 Å². The maximum Gasteiger partial charge on any atom is 0.338 e. The standard InChI is InChI=1S/C22H23NO5S/c1-14(2)28-19-10-9-15(11-20(19)26-4)22(24)27-12-16-13-29-21(23-16)17-7-5-6-8-18(17)25-3/h5-11,13-14H,12H2,1-4H3. The summed E-state index contributed by atoms with van der Waals surface area (Å²) in [6.45, 7) is 3.93. The first-order valence-electron chi connectivity index (χ1n) is 9.11. The van der Waals surface area contributed by atoms with Gasteiger partial charge in [0.05, 0.1) is 37.1 Å². The van der Waals surface area contributed by atoms with Gasteiger partial charge < -0.3 is 18.9 Å². The molecule has 0 amide bonds. The van der Waals surface area contributed by atoms with Gasteiger partial charge in [0.1, 0.15) is 17.4 Å². The molecule has 0 aliphatic carbocycles. The van der Waals surface area contributed by atoms with Gasteiger partial charge in [0.25, 0.3) is 0 Å². The zero-order valence-electron chi connectivity index (χ0n) is 16.8. The highest BCUT2D eigenvalue weighted by atomic mass is 32.1. The molecule has 152 valence electrons. The van der Waals surface area contributed by atoms with Crippen LogP contribution < -0.4 is 14.2 Å². The second kappa shape index (κ2) is 9.43. The number of aromatic nitrogens is 1. The predicted molar refractivity (Wildman–Crippen MR) is 112 cm³/mol. The van der Waals surface area contributed by atoms with Gasteiger partial charge in [-0.25, -0.2) is 9.78 Å². The van der Waals surface area contributed by atoms with Gasteiger partial charge in [0.2, 0.25) is 0 Å². The minimum atomic E-state index is -0.453. The van der Waals surface area contributed by atoms with Crippen LogP contribution in [0.15, 0.2) is 47.8 Å². The summed E-state index contributed by atoms with van der Waals surface area (Å²) >= 11 is 1.47. The fraction of sp³-hybridized carbons (Fsp3) is 0.273. The Bertz CT molecular complexity index is 983. The second-order valence-corrected chi connectivity index (χ2v) is 7.31. The van der Waals surface area contributed by atoms with Crippen molar-refractivity contribution in [3.05, 3.63) is 59.1 Å². The van der Waals surface area contributed by atoms with Crippen LogP contribution in [0.3, 0.4) is 0 Å². The number of esters is 1. The van der Waals surface area contributed by atoms with Gasteiger partial charge in [-0.3, -0.25) is 0 Å². The summed E-state index contributed by atoms with van der Waals surface area (Å²) in [5, 5.41) is 2.68. The van der Waals surface area contributed by atoms with Gasteiger partial charge >= 0.3 is 5.97 Å². The molecule has 2 aromatic carbocycles. The van der Waals surface area contributed by atoms with E-state index in [-0.39, 0.29) is 12.7 Å². The molecule has 0 fully saturated rings. The Hall–Kier alpha value is -3.06. The number of benzene rings is 2. The van der Waals surface area contributed by atoms with E-state index in [1.165, 1.54) is 18.4 Å². The molecule has 0 aliphatic rings. The number of hydrogen-bond acceptors (Lipinski definition) is 7. The van der Waals surface area contributed by atoms with Gasteiger partial charge in [-0.15, -0.1) is 11.3 Å². The summed E-state index contributed by atoms with van der Waals surface area (Å²) in [7, 11) is 3.16. The molecule has 0 unspecified atom stereocenters. The van der Waals surface area contributed by atoms with Crippen molar-refractivity contribution in [3.63, 3.8) is 0 Å². The SMILES string of the molecule is COc1cc(C(=O)OCc2csc(-c3ccccc3OC)n2)ccc1OC(C)C. The third kappa shape index (κ3) is 5.06. The van der Waals surface area contributed by atoms with Crippen molar-refractivity contribution >= 4 is 17.3 Å². The van der Waals surface area contributed by atoms with E-state index in [0.717, 1.165) is 16.3 Å². The van der Waals surface area contributed by atoms with Gasteiger partial charge in [0.15, 0.2) is 11.5 Å². The molecule has 6 nitrogen and oxygen atoms in total. The maximum absolute atomic E-state index is 12.4. The summed E-state index contributed by atoms with van der Waals surface area (Å²) in [5.74, 6) is 1.37. The van der Waals surface area contributed by atoms with E-state index >= 15 is 0 Å². The normalized spacial score (nSPS) is 10.7. The largest absolute Gasteiger partial charge is 0.496 e. The lowest BCUT2D eigenvalue weighted by molar-refractivity contribution is 0.0468. The molecule has 0 atom stereocenters. The van der Waals surface area contributed by atoms with E-state index in [1.807, 2.05) is 43.5 Å². The molecule has 3 aromatic rings. The van der Waals surface area contributed by atoms with Crippen LogP contribution in [0.25, 0.3) is 10.6 Å². The zero-order chi connectivity index (χ0) is 20.8. The molecule has 3 rings (SSSR count). The summed E-state index contributed by atoms with van der Waals surface area (Å²) in [6.07, 6.45) is 0.00352. The average molecular weight is 413 g/mol. The molecule has 7 heteroatoms. The minimum absolute atomic E-state index is 0.00352. The van der Waals surface area contributed by atoms with Crippen LogP contribution in [-0.4, -0.2) is 31.3 Å². The first kappa shape index (κ1) is 20.7. The fourth-order valence-corrected chi connectivity index (χ4v) is 3.52. The number of nitrogens with zero attached hydrogens (tertiary/aromatic N) is 1. The van der Waals surface area contributed by atoms with E-state index in [0.29, 0.717) is 22.8 Å². The Kier molecular flexibility index (Phi) is 6.72. The molecule has 0 saturated carbocycles. The molecule has 0 saturated heterocycles. The van der Waals surface area contributed by atoms with Gasteiger partial charge in [-0.1, -0.05) is 12.1 Å². The summed E-state index contributed by atoms with van der Waals surface area (Å²) in [5.41, 5.74) is 1.97. The molecular weight excluding hydrogens is 390 g/mol. The van der Waals surface area contributed by atoms with Crippen LogP contribution in [0, 0.1) is 0 Å². The number of carbonyl (C=O) groups excluding carboxylic acids is 1. The molecule has 0 N–H and O–H groups in total. The van der Waals surface area contributed by atoms with Crippen molar-refractivity contribution in [3.8, 4) is 27.8 Å². The van der Waals surface area contributed by atoms with E-state index in [4.69, 9.17) is 18.9 Å². The number of para-hydroxylation sites is 1. The van der Waals surface area contributed by atoms with Crippen LogP contribution in [0.5, 0.6) is 17.2 Å². The second-order valence-electron chi connectivity index (χ2n) is 6.45. The Morgan fingerprint density at radius 1 is 1.03 bits per heavy atom. The summed E-state index contributed by atoms with van der Waals surface area (Å²) in [4.78, 5) is 17.0. The lowest BCUT2D eigenvalue weighted by atomic mass is 10.2. The topological polar surface area (TPSA) is 66.9 Å². The number of carbonyl (C=O) groups is 1. The smallest absolute Gasteiger partial charge is 0.338 e. The van der Waals surface area contributed by atoms with Crippen molar-refractivity contribution in [2.24, 2.45) is 0 Å². The van der Waals surface area contributed by atoms with Gasteiger partial charge in [-0.2, -0.15) is 0 Å². The molecule has 1 heterocycles. The lowest BCUT2D eigenvalue weighted by Gasteiger charge is -2.14. The number of hydrogen-bond donors (Lipinski definition) is 0. The van der Waals surface area contributed by atoms with Crippen LogP contribution in [-0.2, 0) is 11.3 Å². The van der Waals surface area contributed by atoms with Crippen molar-refractivity contribution in [2.45, 2.75) is 26.6 Å². The van der Waals surface area contributed by atoms with Crippen LogP contribution >= 0.6 is 11.3 Å². The first-order chi connectivity index (χ1) is 14.0. The quantitative estimate of drug-likeness (QED) is 0.486. The highest BCUT2D eigenvalue weighted by Crippen LogP contribution is 2.32. The minimum Gasteiger partial charge on any atom is -0.496 e. The highest BCUT2D eigenvalue weighted by molar-refractivity contribution is 7.13. The lowest BCUT2D eigenvalue weighted by Crippen LogP contribution is -2.09. The van der Waals surface area contributed by atoms with Crippen LogP contribution in [0.1, 0.15) is 29.9 Å². The van der Waals surface area contributed by atoms with Gasteiger partial charge in [-0.05, 0) is 44.2 Å². The van der Waals surface area contributed by atoms with E-state index < -0.39 is 5.97 Å². The summed E-state index contributed by atoms with van der Waals surface area (Å²) < 4.78 is 21.8. The predicted octanol–water partition coefficient (Wildman–Crippen LogP) is 4.97. The number of rotatable bonds is 8. The van der Waals surface area contributed by atoms with Crippen LogP contribution in [0.2, 0.25) is 0 Å². The number of ether oxygens (including phenoxy) is 4. The van der Waals surface area contributed by atoms with Crippen LogP contribution in [0.4, 0.5) is 0 Å². The Morgan fingerprint density at radius 2 is 1.79 bits per heavy atom. The Balaban J connectivity index is 1.68. The van der Waals surface area contributed by atoms with Crippen molar-refractivity contribution < 1.29 is 23.7 Å². The van der Waals surface area contributed by atoms with Crippen molar-refractivity contribution in [1.82, 2.24) is 4.98 Å². The first-order valence-corrected chi connectivity index (χ1v) is 9.99. The highest BCUT2D eigenvalue weighted by Gasteiger charge is 2.15. The monoisotopic (exact) mass is 413 g/mol. The average Bonchev–Trinajstić information content (AvgIpc) is 3.20. The summed E-state index contributed by atoms with van der Waals surface area (Å²) in [6, 6.07) is 12.6. The van der Waals surface area contributed by atoms with E-state index in [1.54, 1.807) is 25.3 Å². The Morgan fingerprint density at radius 3 is 2.52 bits per heavy atom. The fourth-order valence-electron chi connectivity index (χ4n) is 2.69. The Labute approximate surface area is 174 Å². The molecule has 1 aromatic heterocycles. The molecular formula is C22H23NO5S.